The lowest BCUT2D eigenvalue weighted by atomic mass is 10.1. The molecule has 100 valence electrons. The molecule has 1 aromatic heterocycles. The predicted octanol–water partition coefficient (Wildman–Crippen LogP) is 0.923. The van der Waals surface area contributed by atoms with Gasteiger partial charge in [-0.25, -0.2) is 0 Å². The van der Waals surface area contributed by atoms with Crippen LogP contribution in [0.2, 0.25) is 0 Å². The number of carbonyl (C=O) groups excluding carboxylic acids is 1. The third kappa shape index (κ3) is 2.73. The van der Waals surface area contributed by atoms with Crippen molar-refractivity contribution in [1.29, 1.82) is 0 Å². The second-order valence-corrected chi connectivity index (χ2v) is 4.62. The van der Waals surface area contributed by atoms with E-state index >= 15 is 0 Å². The van der Waals surface area contributed by atoms with Crippen LogP contribution in [0.3, 0.4) is 0 Å². The Morgan fingerprint density at radius 3 is 2.72 bits per heavy atom. The molecule has 0 radical (unpaired) electrons. The summed E-state index contributed by atoms with van der Waals surface area (Å²) in [6.45, 7) is 8.46. The van der Waals surface area contributed by atoms with Crippen molar-refractivity contribution in [1.82, 2.24) is 10.6 Å². The normalized spacial score (nSPS) is 19.8. The lowest BCUT2D eigenvalue weighted by Crippen LogP contribution is -2.45. The Hall–Kier alpha value is -1.33. The monoisotopic (exact) mass is 252 g/mol. The van der Waals surface area contributed by atoms with Crippen LogP contribution in [0.15, 0.2) is 4.42 Å². The maximum atomic E-state index is 12.1. The first-order chi connectivity index (χ1) is 8.59. The number of furan rings is 1. The fraction of sp³-hybridized carbons (Fsp3) is 0.615. The van der Waals surface area contributed by atoms with Crippen molar-refractivity contribution in [2.24, 2.45) is 0 Å². The van der Waals surface area contributed by atoms with E-state index in [2.05, 4.69) is 10.6 Å². The van der Waals surface area contributed by atoms with Gasteiger partial charge in [0, 0.05) is 25.2 Å². The molecule has 2 N–H and O–H groups in total. The minimum absolute atomic E-state index is 0.0521. The number of rotatable bonds is 3. The molecule has 0 aliphatic carbocycles. The van der Waals surface area contributed by atoms with Crippen LogP contribution in [-0.4, -0.2) is 38.3 Å². The highest BCUT2D eigenvalue weighted by atomic mass is 16.5. The van der Waals surface area contributed by atoms with Crippen LogP contribution in [0.4, 0.5) is 0 Å². The van der Waals surface area contributed by atoms with Crippen LogP contribution < -0.4 is 10.6 Å². The lowest BCUT2D eigenvalue weighted by Gasteiger charge is -2.23. The van der Waals surface area contributed by atoms with Crippen molar-refractivity contribution in [3.05, 3.63) is 22.6 Å². The fourth-order valence-corrected chi connectivity index (χ4v) is 2.17. The molecule has 0 aromatic carbocycles. The van der Waals surface area contributed by atoms with Crippen molar-refractivity contribution < 1.29 is 13.9 Å². The van der Waals surface area contributed by atoms with Crippen LogP contribution in [0.5, 0.6) is 0 Å². The van der Waals surface area contributed by atoms with Gasteiger partial charge in [0.05, 0.1) is 18.3 Å². The van der Waals surface area contributed by atoms with Crippen LogP contribution in [0.25, 0.3) is 0 Å². The number of morpholine rings is 1. The van der Waals surface area contributed by atoms with Gasteiger partial charge in [0.2, 0.25) is 0 Å². The molecule has 2 heterocycles. The van der Waals surface area contributed by atoms with Gasteiger partial charge in [-0.2, -0.15) is 0 Å². The number of aryl methyl sites for hydroxylation is 2. The molecule has 1 atom stereocenters. The maximum Gasteiger partial charge on any atom is 0.255 e. The summed E-state index contributed by atoms with van der Waals surface area (Å²) >= 11 is 0. The molecule has 0 spiro atoms. The molecule has 1 fully saturated rings. The third-order valence-electron chi connectivity index (χ3n) is 3.28. The highest BCUT2D eigenvalue weighted by Crippen LogP contribution is 2.20. The summed E-state index contributed by atoms with van der Waals surface area (Å²) in [6, 6.07) is 0. The van der Waals surface area contributed by atoms with E-state index in [0.717, 1.165) is 24.4 Å². The molecule has 1 aromatic rings. The molecule has 5 nitrogen and oxygen atoms in total. The zero-order valence-electron chi connectivity index (χ0n) is 11.1. The van der Waals surface area contributed by atoms with Gasteiger partial charge >= 0.3 is 0 Å². The summed E-state index contributed by atoms with van der Waals surface area (Å²) in [5, 5.41) is 6.13. The lowest BCUT2D eigenvalue weighted by molar-refractivity contribution is 0.0287. The number of hydrogen-bond acceptors (Lipinski definition) is 4. The van der Waals surface area contributed by atoms with E-state index in [1.165, 1.54) is 0 Å². The number of hydrogen-bond donors (Lipinski definition) is 2. The van der Waals surface area contributed by atoms with Gasteiger partial charge in [0.25, 0.3) is 5.91 Å². The van der Waals surface area contributed by atoms with E-state index in [4.69, 9.17) is 9.15 Å². The highest BCUT2D eigenvalue weighted by molar-refractivity contribution is 5.96. The predicted molar refractivity (Wildman–Crippen MR) is 67.9 cm³/mol. The Bertz CT molecular complexity index is 434. The molecular formula is C13H20N2O3. The summed E-state index contributed by atoms with van der Waals surface area (Å²) < 4.78 is 11.0. The summed E-state index contributed by atoms with van der Waals surface area (Å²) in [4.78, 5) is 12.1. The molecule has 0 bridgehead atoms. The average molecular weight is 252 g/mol. The van der Waals surface area contributed by atoms with E-state index in [9.17, 15) is 4.79 Å². The van der Waals surface area contributed by atoms with Crippen LogP contribution in [-0.2, 0) is 4.74 Å². The standard InChI is InChI=1S/C13H20N2O3/c1-8-9(2)18-10(3)12(8)13(16)15-7-11-6-14-4-5-17-11/h11,14H,4-7H2,1-3H3,(H,15,16). The van der Waals surface area contributed by atoms with Crippen LogP contribution in [0, 0.1) is 20.8 Å². The third-order valence-corrected chi connectivity index (χ3v) is 3.28. The van der Waals surface area contributed by atoms with Gasteiger partial charge in [-0.1, -0.05) is 0 Å². The molecule has 1 aliphatic rings. The average Bonchev–Trinajstić information content (AvgIpc) is 2.62. The van der Waals surface area contributed by atoms with Crippen molar-refractivity contribution in [2.45, 2.75) is 26.9 Å². The minimum atomic E-state index is -0.0870. The van der Waals surface area contributed by atoms with E-state index < -0.39 is 0 Å². The van der Waals surface area contributed by atoms with E-state index in [1.54, 1.807) is 0 Å². The van der Waals surface area contributed by atoms with E-state index in [-0.39, 0.29) is 12.0 Å². The smallest absolute Gasteiger partial charge is 0.255 e. The van der Waals surface area contributed by atoms with Gasteiger partial charge in [0.1, 0.15) is 11.5 Å². The van der Waals surface area contributed by atoms with Crippen LogP contribution in [0.1, 0.15) is 27.4 Å². The second kappa shape index (κ2) is 5.54. The molecule has 0 saturated carbocycles. The SMILES string of the molecule is Cc1oc(C)c(C(=O)NCC2CNCCO2)c1C. The van der Waals surface area contributed by atoms with Gasteiger partial charge < -0.3 is 19.8 Å². The topological polar surface area (TPSA) is 63.5 Å². The Labute approximate surface area is 107 Å². The summed E-state index contributed by atoms with van der Waals surface area (Å²) in [7, 11) is 0. The zero-order valence-corrected chi connectivity index (χ0v) is 11.1. The van der Waals surface area contributed by atoms with Gasteiger partial charge in [-0.3, -0.25) is 4.79 Å². The number of carbonyl (C=O) groups is 1. The number of amides is 1. The van der Waals surface area contributed by atoms with E-state index in [1.807, 2.05) is 20.8 Å². The van der Waals surface area contributed by atoms with Crippen molar-refractivity contribution in [3.63, 3.8) is 0 Å². The molecule has 1 amide bonds. The number of ether oxygens (including phenoxy) is 1. The van der Waals surface area contributed by atoms with Crippen LogP contribution >= 0.6 is 0 Å². The fourth-order valence-electron chi connectivity index (χ4n) is 2.17. The van der Waals surface area contributed by atoms with Gasteiger partial charge in [-0.15, -0.1) is 0 Å². The van der Waals surface area contributed by atoms with Crippen molar-refractivity contribution in [3.8, 4) is 0 Å². The molecule has 2 rings (SSSR count). The Morgan fingerprint density at radius 2 is 2.17 bits per heavy atom. The molecule has 1 unspecified atom stereocenters. The van der Waals surface area contributed by atoms with Crippen molar-refractivity contribution >= 4 is 5.91 Å². The minimum Gasteiger partial charge on any atom is -0.466 e. The second-order valence-electron chi connectivity index (χ2n) is 4.62. The zero-order chi connectivity index (χ0) is 13.1. The van der Waals surface area contributed by atoms with Gasteiger partial charge in [-0.05, 0) is 20.8 Å². The Morgan fingerprint density at radius 1 is 1.39 bits per heavy atom. The molecule has 1 saturated heterocycles. The van der Waals surface area contributed by atoms with Crippen molar-refractivity contribution in [2.75, 3.05) is 26.2 Å². The summed E-state index contributed by atoms with van der Waals surface area (Å²) in [5.41, 5.74) is 1.56. The molecular weight excluding hydrogens is 232 g/mol. The summed E-state index contributed by atoms with van der Waals surface area (Å²) in [5.74, 6) is 1.38. The van der Waals surface area contributed by atoms with E-state index in [0.29, 0.717) is 24.5 Å². The first-order valence-corrected chi connectivity index (χ1v) is 6.26. The molecule has 18 heavy (non-hydrogen) atoms. The highest BCUT2D eigenvalue weighted by Gasteiger charge is 2.20. The first kappa shape index (κ1) is 13.1. The first-order valence-electron chi connectivity index (χ1n) is 6.26. The molecule has 5 heteroatoms. The summed E-state index contributed by atoms with van der Waals surface area (Å²) in [6.07, 6.45) is 0.0521. The molecule has 1 aliphatic heterocycles. The largest absolute Gasteiger partial charge is 0.466 e. The Kier molecular flexibility index (Phi) is 4.04. The van der Waals surface area contributed by atoms with Gasteiger partial charge in [0.15, 0.2) is 0 Å². The quantitative estimate of drug-likeness (QED) is 0.840. The number of nitrogens with one attached hydrogen (secondary N) is 2. The Balaban J connectivity index is 1.95. The maximum absolute atomic E-state index is 12.1.